The molecule has 0 atom stereocenters. The van der Waals surface area contributed by atoms with E-state index in [-0.39, 0.29) is 30.4 Å². The van der Waals surface area contributed by atoms with E-state index in [1.807, 2.05) is 100.0 Å². The van der Waals surface area contributed by atoms with Crippen molar-refractivity contribution in [1.29, 1.82) is 0 Å². The fourth-order valence-corrected chi connectivity index (χ4v) is 3.45. The molecule has 0 unspecified atom stereocenters. The summed E-state index contributed by atoms with van der Waals surface area (Å²) in [7, 11) is 0. The van der Waals surface area contributed by atoms with Crippen LogP contribution in [-0.2, 0) is 4.79 Å². The first kappa shape index (κ1) is 24.0. The number of aromatic nitrogens is 2. The lowest BCUT2D eigenvalue weighted by atomic mass is 10.2. The van der Waals surface area contributed by atoms with E-state index in [1.54, 1.807) is 0 Å². The van der Waals surface area contributed by atoms with Crippen LogP contribution in [0.25, 0.3) is 16.9 Å². The highest BCUT2D eigenvalue weighted by Gasteiger charge is 2.21. The number of hydrogen-bond donors (Lipinski definition) is 2. The van der Waals surface area contributed by atoms with E-state index in [2.05, 4.69) is 10.6 Å². The zero-order chi connectivity index (χ0) is 24.0. The van der Waals surface area contributed by atoms with E-state index in [0.29, 0.717) is 12.5 Å². The van der Waals surface area contributed by atoms with Crippen LogP contribution in [0.5, 0.6) is 0 Å². The summed E-state index contributed by atoms with van der Waals surface area (Å²) in [5, 5.41) is 5.79. The Labute approximate surface area is 195 Å². The first-order valence-corrected chi connectivity index (χ1v) is 11.3. The third kappa shape index (κ3) is 6.68. The predicted molar refractivity (Wildman–Crippen MR) is 132 cm³/mol. The number of carbonyl (C=O) groups is 2. The van der Waals surface area contributed by atoms with Gasteiger partial charge in [-0.2, -0.15) is 0 Å². The predicted octanol–water partition coefficient (Wildman–Crippen LogP) is 4.86. The van der Waals surface area contributed by atoms with Gasteiger partial charge in [0.2, 0.25) is 11.9 Å². The van der Waals surface area contributed by atoms with E-state index in [9.17, 15) is 9.59 Å². The quantitative estimate of drug-likeness (QED) is 0.517. The average molecular weight is 448 g/mol. The number of nitrogens with zero attached hydrogens (tertiary/aromatic N) is 3. The third-order valence-corrected chi connectivity index (χ3v) is 4.96. The number of amides is 3. The molecule has 3 rings (SSSR count). The number of urea groups is 1. The molecular formula is C26H33N5O2. The van der Waals surface area contributed by atoms with Crippen LogP contribution < -0.4 is 10.6 Å². The zero-order valence-corrected chi connectivity index (χ0v) is 20.0. The number of anilines is 1. The van der Waals surface area contributed by atoms with Crippen molar-refractivity contribution < 1.29 is 9.59 Å². The Morgan fingerprint density at radius 1 is 1.00 bits per heavy atom. The molecule has 0 aliphatic heterocycles. The fourth-order valence-electron chi connectivity index (χ4n) is 3.45. The molecule has 0 aliphatic carbocycles. The minimum absolute atomic E-state index is 0.0101. The van der Waals surface area contributed by atoms with Crippen molar-refractivity contribution in [3.63, 3.8) is 0 Å². The van der Waals surface area contributed by atoms with E-state index >= 15 is 0 Å². The molecule has 174 valence electrons. The van der Waals surface area contributed by atoms with Crippen LogP contribution in [0.3, 0.4) is 0 Å². The van der Waals surface area contributed by atoms with Gasteiger partial charge in [-0.15, -0.1) is 0 Å². The largest absolute Gasteiger partial charge is 0.336 e. The third-order valence-electron chi connectivity index (χ3n) is 4.96. The molecule has 2 aromatic carbocycles. The Morgan fingerprint density at radius 3 is 2.27 bits per heavy atom. The number of aryl methyl sites for hydroxylation is 1. The highest BCUT2D eigenvalue weighted by molar-refractivity contribution is 5.93. The summed E-state index contributed by atoms with van der Waals surface area (Å²) in [6, 6.07) is 17.6. The maximum absolute atomic E-state index is 13.0. The first-order chi connectivity index (χ1) is 15.7. The smallest absolute Gasteiger partial charge is 0.318 e. The minimum Gasteiger partial charge on any atom is -0.336 e. The number of benzene rings is 2. The van der Waals surface area contributed by atoms with Crippen LogP contribution >= 0.6 is 0 Å². The van der Waals surface area contributed by atoms with Crippen LogP contribution in [0.1, 0.15) is 33.3 Å². The highest BCUT2D eigenvalue weighted by atomic mass is 16.2. The summed E-state index contributed by atoms with van der Waals surface area (Å²) >= 11 is 0. The Hall–Kier alpha value is -3.61. The molecule has 0 bridgehead atoms. The molecule has 1 aromatic heterocycles. The molecule has 0 radical (unpaired) electrons. The van der Waals surface area contributed by atoms with Crippen molar-refractivity contribution in [3.8, 4) is 16.9 Å². The van der Waals surface area contributed by atoms with E-state index in [1.165, 1.54) is 4.90 Å². The number of carbonyl (C=O) groups excluding carboxylic acids is 2. The van der Waals surface area contributed by atoms with E-state index in [4.69, 9.17) is 4.98 Å². The molecule has 2 N–H and O–H groups in total. The number of hydrogen-bond acceptors (Lipinski definition) is 3. The van der Waals surface area contributed by atoms with Gasteiger partial charge in [-0.1, -0.05) is 61.9 Å². The van der Waals surface area contributed by atoms with Gasteiger partial charge in [0.15, 0.2) is 0 Å². The summed E-state index contributed by atoms with van der Waals surface area (Å²) in [5.41, 5.74) is 3.75. The van der Waals surface area contributed by atoms with Crippen LogP contribution in [0.2, 0.25) is 0 Å². The lowest BCUT2D eigenvalue weighted by molar-refractivity contribution is -0.116. The molecule has 0 spiro atoms. The Kier molecular flexibility index (Phi) is 7.87. The SMILES string of the molecule is Cc1ccc(-n2cc(-c3ccccc3)nc2NC(=O)CN(CC(C)C)C(=O)NC(C)C)cc1. The Morgan fingerprint density at radius 2 is 1.67 bits per heavy atom. The van der Waals surface area contributed by atoms with Gasteiger partial charge in [0, 0.05) is 30.0 Å². The Balaban J connectivity index is 1.87. The molecule has 3 amide bonds. The molecule has 0 saturated carbocycles. The molecule has 7 heteroatoms. The second-order valence-corrected chi connectivity index (χ2v) is 8.95. The summed E-state index contributed by atoms with van der Waals surface area (Å²) in [6.07, 6.45) is 1.91. The van der Waals surface area contributed by atoms with Gasteiger partial charge in [-0.3, -0.25) is 14.7 Å². The monoisotopic (exact) mass is 447 g/mol. The molecule has 3 aromatic rings. The van der Waals surface area contributed by atoms with Crippen molar-refractivity contribution >= 4 is 17.9 Å². The van der Waals surface area contributed by atoms with Crippen molar-refractivity contribution in [1.82, 2.24) is 19.8 Å². The average Bonchev–Trinajstić information content (AvgIpc) is 3.17. The molecule has 0 fully saturated rings. The second-order valence-electron chi connectivity index (χ2n) is 8.95. The van der Waals surface area contributed by atoms with Crippen LogP contribution in [-0.4, -0.2) is 45.5 Å². The molecular weight excluding hydrogens is 414 g/mol. The van der Waals surface area contributed by atoms with Gasteiger partial charge in [0.1, 0.15) is 6.54 Å². The van der Waals surface area contributed by atoms with Gasteiger partial charge in [-0.25, -0.2) is 9.78 Å². The Bertz CT molecular complexity index is 1070. The second kappa shape index (κ2) is 10.8. The standard InChI is InChI=1S/C26H33N5O2/c1-18(2)15-30(26(33)27-19(3)4)17-24(32)29-25-28-23(21-9-7-6-8-10-21)16-31(25)22-13-11-20(5)12-14-22/h6-14,16,18-19H,15,17H2,1-5H3,(H,27,33)(H,28,29,32). The molecule has 0 aliphatic rings. The van der Waals surface area contributed by atoms with Gasteiger partial charge in [0.25, 0.3) is 0 Å². The van der Waals surface area contributed by atoms with Gasteiger partial charge >= 0.3 is 6.03 Å². The van der Waals surface area contributed by atoms with Crippen molar-refractivity contribution in [2.24, 2.45) is 5.92 Å². The fraction of sp³-hybridized carbons (Fsp3) is 0.346. The summed E-state index contributed by atoms with van der Waals surface area (Å²) in [4.78, 5) is 31.8. The number of imidazole rings is 1. The molecule has 33 heavy (non-hydrogen) atoms. The summed E-state index contributed by atoms with van der Waals surface area (Å²) in [6.45, 7) is 10.3. The van der Waals surface area contributed by atoms with Crippen LogP contribution in [0, 0.1) is 12.8 Å². The summed E-state index contributed by atoms with van der Waals surface area (Å²) in [5.74, 6) is 0.347. The van der Waals surface area contributed by atoms with Gasteiger partial charge in [0.05, 0.1) is 5.69 Å². The van der Waals surface area contributed by atoms with Crippen LogP contribution in [0.4, 0.5) is 10.7 Å². The van der Waals surface area contributed by atoms with Crippen molar-refractivity contribution in [2.75, 3.05) is 18.4 Å². The molecule has 0 saturated heterocycles. The number of rotatable bonds is 8. The van der Waals surface area contributed by atoms with Crippen molar-refractivity contribution in [2.45, 2.75) is 40.7 Å². The highest BCUT2D eigenvalue weighted by Crippen LogP contribution is 2.24. The minimum atomic E-state index is -0.298. The van der Waals surface area contributed by atoms with Crippen molar-refractivity contribution in [3.05, 3.63) is 66.4 Å². The van der Waals surface area contributed by atoms with E-state index in [0.717, 1.165) is 22.5 Å². The summed E-state index contributed by atoms with van der Waals surface area (Å²) < 4.78 is 1.86. The van der Waals surface area contributed by atoms with Gasteiger partial charge in [-0.05, 0) is 38.8 Å². The molecule has 7 nitrogen and oxygen atoms in total. The maximum atomic E-state index is 13.0. The normalized spacial score (nSPS) is 11.0. The first-order valence-electron chi connectivity index (χ1n) is 11.3. The molecule has 1 heterocycles. The maximum Gasteiger partial charge on any atom is 0.318 e. The van der Waals surface area contributed by atoms with Gasteiger partial charge < -0.3 is 10.2 Å². The zero-order valence-electron chi connectivity index (χ0n) is 20.0. The lowest BCUT2D eigenvalue weighted by Gasteiger charge is -2.25. The number of nitrogens with one attached hydrogen (secondary N) is 2. The topological polar surface area (TPSA) is 79.3 Å². The lowest BCUT2D eigenvalue weighted by Crippen LogP contribution is -2.47. The van der Waals surface area contributed by atoms with E-state index < -0.39 is 0 Å². The van der Waals surface area contributed by atoms with Crippen LogP contribution in [0.15, 0.2) is 60.8 Å².